The van der Waals surface area contributed by atoms with E-state index < -0.39 is 12.1 Å². The first-order valence-electron chi connectivity index (χ1n) is 4.40. The lowest BCUT2D eigenvalue weighted by molar-refractivity contribution is -0.173. The van der Waals surface area contributed by atoms with E-state index in [1.807, 2.05) is 26.1 Å². The van der Waals surface area contributed by atoms with Crippen LogP contribution in [-0.2, 0) is 4.79 Å². The van der Waals surface area contributed by atoms with Gasteiger partial charge in [0, 0.05) is 6.54 Å². The molecule has 0 fully saturated rings. The molecule has 0 aliphatic carbocycles. The van der Waals surface area contributed by atoms with E-state index >= 15 is 0 Å². The van der Waals surface area contributed by atoms with Gasteiger partial charge in [0.15, 0.2) is 0 Å². The summed E-state index contributed by atoms with van der Waals surface area (Å²) in [6.45, 7) is 7.59. The SMILES string of the molecule is CC(CNC(=O)C(F)(F)F)C(C)(C)C. The van der Waals surface area contributed by atoms with E-state index in [-0.39, 0.29) is 17.9 Å². The summed E-state index contributed by atoms with van der Waals surface area (Å²) >= 11 is 0. The van der Waals surface area contributed by atoms with Crippen LogP contribution in [0.4, 0.5) is 13.2 Å². The lowest BCUT2D eigenvalue weighted by Gasteiger charge is -2.27. The van der Waals surface area contributed by atoms with Crippen LogP contribution >= 0.6 is 0 Å². The molecule has 1 unspecified atom stereocenters. The van der Waals surface area contributed by atoms with Gasteiger partial charge in [-0.05, 0) is 11.3 Å². The second kappa shape index (κ2) is 4.19. The summed E-state index contributed by atoms with van der Waals surface area (Å²) in [6, 6.07) is 0. The second-order valence-corrected chi connectivity index (χ2v) is 4.47. The van der Waals surface area contributed by atoms with Gasteiger partial charge in [0.25, 0.3) is 0 Å². The molecule has 84 valence electrons. The summed E-state index contributed by atoms with van der Waals surface area (Å²) in [5, 5.41) is 1.86. The van der Waals surface area contributed by atoms with Gasteiger partial charge in [0.2, 0.25) is 0 Å². The highest BCUT2D eigenvalue weighted by Crippen LogP contribution is 2.24. The molecule has 0 aliphatic heterocycles. The van der Waals surface area contributed by atoms with Crippen molar-refractivity contribution in [1.29, 1.82) is 0 Å². The smallest absolute Gasteiger partial charge is 0.348 e. The van der Waals surface area contributed by atoms with E-state index in [9.17, 15) is 18.0 Å². The van der Waals surface area contributed by atoms with Crippen molar-refractivity contribution >= 4 is 5.91 Å². The van der Waals surface area contributed by atoms with Crippen LogP contribution in [0.3, 0.4) is 0 Å². The zero-order chi connectivity index (χ0) is 11.6. The first kappa shape index (κ1) is 13.3. The third-order valence-electron chi connectivity index (χ3n) is 2.30. The maximum atomic E-state index is 11.8. The highest BCUT2D eigenvalue weighted by molar-refractivity contribution is 5.81. The fourth-order valence-corrected chi connectivity index (χ4v) is 0.652. The number of rotatable bonds is 2. The quantitative estimate of drug-likeness (QED) is 0.746. The molecule has 0 bridgehead atoms. The van der Waals surface area contributed by atoms with Crippen LogP contribution in [0.15, 0.2) is 0 Å². The minimum Gasteiger partial charge on any atom is -0.348 e. The third kappa shape index (κ3) is 4.48. The molecule has 0 radical (unpaired) electrons. The summed E-state index contributed by atoms with van der Waals surface area (Å²) in [5.41, 5.74) is -0.112. The number of carbonyl (C=O) groups is 1. The molecule has 0 spiro atoms. The van der Waals surface area contributed by atoms with Crippen molar-refractivity contribution in [3.8, 4) is 0 Å². The average molecular weight is 211 g/mol. The Morgan fingerprint density at radius 3 is 2.00 bits per heavy atom. The van der Waals surface area contributed by atoms with E-state index in [2.05, 4.69) is 0 Å². The Balaban J connectivity index is 4.03. The summed E-state index contributed by atoms with van der Waals surface area (Å²) in [5.74, 6) is -1.87. The molecule has 0 saturated carbocycles. The fraction of sp³-hybridized carbons (Fsp3) is 0.889. The Labute approximate surface area is 81.9 Å². The van der Waals surface area contributed by atoms with Gasteiger partial charge in [-0.3, -0.25) is 4.79 Å². The Hall–Kier alpha value is -0.740. The number of hydrogen-bond acceptors (Lipinski definition) is 1. The van der Waals surface area contributed by atoms with E-state index in [0.29, 0.717) is 0 Å². The number of amides is 1. The Morgan fingerprint density at radius 2 is 1.71 bits per heavy atom. The van der Waals surface area contributed by atoms with Crippen molar-refractivity contribution in [1.82, 2.24) is 5.32 Å². The summed E-state index contributed by atoms with van der Waals surface area (Å²) in [6.07, 6.45) is -4.78. The predicted molar refractivity (Wildman–Crippen MR) is 47.7 cm³/mol. The number of halogens is 3. The van der Waals surface area contributed by atoms with Crippen molar-refractivity contribution in [3.63, 3.8) is 0 Å². The molecular weight excluding hydrogens is 195 g/mol. The van der Waals surface area contributed by atoms with Gasteiger partial charge in [0.05, 0.1) is 0 Å². The number of carbonyl (C=O) groups excluding carboxylic acids is 1. The summed E-state index contributed by atoms with van der Waals surface area (Å²) in [4.78, 5) is 10.5. The maximum absolute atomic E-state index is 11.8. The number of nitrogens with one attached hydrogen (secondary N) is 1. The topological polar surface area (TPSA) is 29.1 Å². The van der Waals surface area contributed by atoms with Crippen molar-refractivity contribution in [2.45, 2.75) is 33.9 Å². The zero-order valence-electron chi connectivity index (χ0n) is 8.83. The third-order valence-corrected chi connectivity index (χ3v) is 2.30. The normalized spacial score (nSPS) is 15.1. The summed E-state index contributed by atoms with van der Waals surface area (Å²) < 4.78 is 35.4. The molecule has 1 atom stereocenters. The molecule has 1 amide bonds. The largest absolute Gasteiger partial charge is 0.471 e. The molecule has 2 nitrogen and oxygen atoms in total. The van der Waals surface area contributed by atoms with Crippen LogP contribution in [0.2, 0.25) is 0 Å². The average Bonchev–Trinajstić information content (AvgIpc) is 1.95. The Morgan fingerprint density at radius 1 is 1.29 bits per heavy atom. The van der Waals surface area contributed by atoms with Crippen molar-refractivity contribution < 1.29 is 18.0 Å². The van der Waals surface area contributed by atoms with Crippen LogP contribution in [0, 0.1) is 11.3 Å². The first-order chi connectivity index (χ1) is 6.05. The predicted octanol–water partition coefficient (Wildman–Crippen LogP) is 2.35. The lowest BCUT2D eigenvalue weighted by atomic mass is 9.82. The lowest BCUT2D eigenvalue weighted by Crippen LogP contribution is -2.41. The molecular formula is C9H16F3NO. The minimum atomic E-state index is -4.78. The zero-order valence-corrected chi connectivity index (χ0v) is 8.83. The van der Waals surface area contributed by atoms with Crippen LogP contribution in [0.5, 0.6) is 0 Å². The molecule has 14 heavy (non-hydrogen) atoms. The van der Waals surface area contributed by atoms with Gasteiger partial charge in [-0.25, -0.2) is 0 Å². The maximum Gasteiger partial charge on any atom is 0.471 e. The summed E-state index contributed by atoms with van der Waals surface area (Å²) in [7, 11) is 0. The van der Waals surface area contributed by atoms with Crippen LogP contribution < -0.4 is 5.32 Å². The van der Waals surface area contributed by atoms with Gasteiger partial charge >= 0.3 is 12.1 Å². The molecule has 0 saturated heterocycles. The second-order valence-electron chi connectivity index (χ2n) is 4.47. The first-order valence-corrected chi connectivity index (χ1v) is 4.40. The Bertz CT molecular complexity index is 205. The van der Waals surface area contributed by atoms with E-state index in [1.54, 1.807) is 6.92 Å². The van der Waals surface area contributed by atoms with E-state index in [0.717, 1.165) is 0 Å². The molecule has 0 rings (SSSR count). The molecule has 1 N–H and O–H groups in total. The van der Waals surface area contributed by atoms with Gasteiger partial charge in [0.1, 0.15) is 0 Å². The monoisotopic (exact) mass is 211 g/mol. The molecule has 0 aromatic heterocycles. The molecule has 5 heteroatoms. The van der Waals surface area contributed by atoms with Gasteiger partial charge < -0.3 is 5.32 Å². The number of hydrogen-bond donors (Lipinski definition) is 1. The van der Waals surface area contributed by atoms with E-state index in [1.165, 1.54) is 0 Å². The number of alkyl halides is 3. The molecule has 0 aromatic carbocycles. The van der Waals surface area contributed by atoms with Crippen molar-refractivity contribution in [2.24, 2.45) is 11.3 Å². The fourth-order valence-electron chi connectivity index (χ4n) is 0.652. The standard InChI is InChI=1S/C9H16F3NO/c1-6(8(2,3)4)5-13-7(14)9(10,11)12/h6H,5H2,1-4H3,(H,13,14). The van der Waals surface area contributed by atoms with Gasteiger partial charge in [-0.15, -0.1) is 0 Å². The van der Waals surface area contributed by atoms with Gasteiger partial charge in [-0.1, -0.05) is 27.7 Å². The van der Waals surface area contributed by atoms with Gasteiger partial charge in [-0.2, -0.15) is 13.2 Å². The van der Waals surface area contributed by atoms with Crippen LogP contribution in [0.25, 0.3) is 0 Å². The van der Waals surface area contributed by atoms with Crippen LogP contribution in [-0.4, -0.2) is 18.6 Å². The Kier molecular flexibility index (Phi) is 3.97. The van der Waals surface area contributed by atoms with Crippen molar-refractivity contribution in [2.75, 3.05) is 6.54 Å². The molecule has 0 aliphatic rings. The molecule has 0 heterocycles. The van der Waals surface area contributed by atoms with Crippen molar-refractivity contribution in [3.05, 3.63) is 0 Å². The van der Waals surface area contributed by atoms with Crippen LogP contribution in [0.1, 0.15) is 27.7 Å². The minimum absolute atomic E-state index is 0.00574. The highest BCUT2D eigenvalue weighted by atomic mass is 19.4. The van der Waals surface area contributed by atoms with E-state index in [4.69, 9.17) is 0 Å². The highest BCUT2D eigenvalue weighted by Gasteiger charge is 2.38. The molecule has 0 aromatic rings.